The summed E-state index contributed by atoms with van der Waals surface area (Å²) < 4.78 is 11.0. The van der Waals surface area contributed by atoms with Crippen molar-refractivity contribution in [3.8, 4) is 6.07 Å². The average molecular weight is 536 g/mol. The minimum absolute atomic E-state index is 0.0212. The highest BCUT2D eigenvalue weighted by atomic mass is 16.5. The number of ketones is 2. The first-order valence-electron chi connectivity index (χ1n) is 14.6. The summed E-state index contributed by atoms with van der Waals surface area (Å²) in [6.07, 6.45) is 10.1. The number of hydrogen-bond donors (Lipinski definition) is 0. The molecule has 0 aromatic carbocycles. The molecule has 6 heteroatoms. The first kappa shape index (κ1) is 28.3. The molecular weight excluding hydrogens is 490 g/mol. The quantitative estimate of drug-likeness (QED) is 0.420. The molecule has 0 heterocycles. The van der Waals surface area contributed by atoms with Gasteiger partial charge in [0.15, 0.2) is 11.6 Å². The first-order valence-corrected chi connectivity index (χ1v) is 14.6. The molecule has 0 aromatic rings. The number of fused-ring (bicyclic) bond motifs is 7. The Morgan fingerprint density at radius 3 is 2.31 bits per heavy atom. The molecule has 0 saturated heterocycles. The Kier molecular flexibility index (Phi) is 6.25. The van der Waals surface area contributed by atoms with Gasteiger partial charge in [-0.15, -0.1) is 0 Å². The van der Waals surface area contributed by atoms with Crippen molar-refractivity contribution in [2.75, 3.05) is 20.8 Å². The summed E-state index contributed by atoms with van der Waals surface area (Å²) in [5.41, 5.74) is -1.89. The topological polar surface area (TPSA) is 93.5 Å². The van der Waals surface area contributed by atoms with Gasteiger partial charge in [-0.2, -0.15) is 5.26 Å². The second-order valence-electron chi connectivity index (χ2n) is 14.9. The van der Waals surface area contributed by atoms with Crippen molar-refractivity contribution in [1.82, 2.24) is 0 Å². The number of ether oxygens (including phenoxy) is 2. The maximum atomic E-state index is 14.5. The molecule has 0 radical (unpaired) electrons. The summed E-state index contributed by atoms with van der Waals surface area (Å²) in [5, 5.41) is 10.5. The van der Waals surface area contributed by atoms with E-state index >= 15 is 0 Å². The van der Waals surface area contributed by atoms with E-state index in [0.29, 0.717) is 19.4 Å². The molecule has 5 aliphatic carbocycles. The molecule has 39 heavy (non-hydrogen) atoms. The van der Waals surface area contributed by atoms with E-state index in [2.05, 4.69) is 40.7 Å². The van der Waals surface area contributed by atoms with Gasteiger partial charge < -0.3 is 9.47 Å². The normalized spacial score (nSPS) is 48.0. The molecule has 1 unspecified atom stereocenters. The van der Waals surface area contributed by atoms with E-state index in [1.165, 1.54) is 7.11 Å². The zero-order valence-corrected chi connectivity index (χ0v) is 25.0. The predicted octanol–water partition coefficient (Wildman–Crippen LogP) is 5.86. The van der Waals surface area contributed by atoms with Crippen molar-refractivity contribution in [1.29, 1.82) is 5.26 Å². The number of carbonyl (C=O) groups is 3. The van der Waals surface area contributed by atoms with E-state index in [-0.39, 0.29) is 34.3 Å². The lowest BCUT2D eigenvalue weighted by atomic mass is 9.33. The molecule has 5 aliphatic rings. The summed E-state index contributed by atoms with van der Waals surface area (Å²) in [6, 6.07) is 2.59. The highest BCUT2D eigenvalue weighted by Gasteiger charge is 2.72. The van der Waals surface area contributed by atoms with Gasteiger partial charge in [0.25, 0.3) is 0 Å². The van der Waals surface area contributed by atoms with Crippen LogP contribution in [0, 0.1) is 67.5 Å². The van der Waals surface area contributed by atoms with Gasteiger partial charge in [-0.05, 0) is 79.8 Å². The minimum atomic E-state index is -0.818. The third-order valence-electron chi connectivity index (χ3n) is 13.0. The van der Waals surface area contributed by atoms with Gasteiger partial charge in [-0.1, -0.05) is 46.3 Å². The standard InChI is InChI=1S/C33H45NO5/c1-28(2)13-15-33(27(37)39-8)16-14-32(6)26(25(33)20(28)18-34)21(35)17-23-29(3)11-10-24(36)30(4,19-38-7)22(29)9-12-31(23,32)5/h10-11,17,20,22,25-26H,9,12-16,19H2,1-8H3/t20?,22-,25+,26-,29+,30+,31-,32-,33+/m1/s1. The van der Waals surface area contributed by atoms with Gasteiger partial charge in [0.1, 0.15) is 0 Å². The fraction of sp³-hybridized carbons (Fsp3) is 0.758. The minimum Gasteiger partial charge on any atom is -0.469 e. The second-order valence-corrected chi connectivity index (χ2v) is 14.9. The first-order chi connectivity index (χ1) is 18.1. The van der Waals surface area contributed by atoms with Crippen molar-refractivity contribution < 1.29 is 23.9 Å². The fourth-order valence-electron chi connectivity index (χ4n) is 10.5. The third-order valence-corrected chi connectivity index (χ3v) is 13.0. The summed E-state index contributed by atoms with van der Waals surface area (Å²) in [7, 11) is 3.07. The number of rotatable bonds is 3. The molecule has 0 amide bonds. The molecule has 0 aromatic heterocycles. The van der Waals surface area contributed by atoms with Gasteiger partial charge in [-0.25, -0.2) is 0 Å². The number of methoxy groups -OCH3 is 2. The fourth-order valence-corrected chi connectivity index (χ4v) is 10.5. The van der Waals surface area contributed by atoms with E-state index in [0.717, 1.165) is 31.3 Å². The van der Waals surface area contributed by atoms with Gasteiger partial charge in [0, 0.05) is 24.4 Å². The van der Waals surface area contributed by atoms with Crippen LogP contribution >= 0.6 is 0 Å². The third kappa shape index (κ3) is 3.32. The van der Waals surface area contributed by atoms with Crippen molar-refractivity contribution in [2.24, 2.45) is 56.2 Å². The Bertz CT molecular complexity index is 1220. The summed E-state index contributed by atoms with van der Waals surface area (Å²) in [4.78, 5) is 41.2. The molecular formula is C33H45NO5. The van der Waals surface area contributed by atoms with E-state index < -0.39 is 39.4 Å². The SMILES string of the molecule is COC[C@]1(C)C(=O)C=C[C@]2(C)C3=CC(=O)[C@@H]4[C@@H]5C(C#N)C(C)(C)CC[C@]5(C(=O)OC)CC[C@@]4(C)[C@]3(C)CC[C@H]21. The average Bonchev–Trinajstić information content (AvgIpc) is 2.87. The van der Waals surface area contributed by atoms with Crippen LogP contribution in [0.15, 0.2) is 23.8 Å². The Balaban J connectivity index is 1.71. The molecule has 5 rings (SSSR count). The van der Waals surface area contributed by atoms with Crippen molar-refractivity contribution in [2.45, 2.75) is 80.1 Å². The summed E-state index contributed by atoms with van der Waals surface area (Å²) >= 11 is 0. The van der Waals surface area contributed by atoms with E-state index in [1.54, 1.807) is 13.2 Å². The Labute approximate surface area is 233 Å². The summed E-state index contributed by atoms with van der Waals surface area (Å²) in [5.74, 6) is -1.40. The van der Waals surface area contributed by atoms with E-state index in [9.17, 15) is 19.6 Å². The van der Waals surface area contributed by atoms with E-state index in [4.69, 9.17) is 9.47 Å². The van der Waals surface area contributed by atoms with Gasteiger partial charge >= 0.3 is 5.97 Å². The van der Waals surface area contributed by atoms with Crippen molar-refractivity contribution in [3.63, 3.8) is 0 Å². The Hall–Kier alpha value is -2.26. The smallest absolute Gasteiger partial charge is 0.312 e. The zero-order chi connectivity index (χ0) is 28.8. The lowest BCUT2D eigenvalue weighted by Gasteiger charge is -2.69. The van der Waals surface area contributed by atoms with Crippen LogP contribution in [-0.4, -0.2) is 38.4 Å². The molecule has 3 saturated carbocycles. The number of hydrogen-bond acceptors (Lipinski definition) is 6. The van der Waals surface area contributed by atoms with Crippen LogP contribution < -0.4 is 0 Å². The van der Waals surface area contributed by atoms with Crippen LogP contribution in [0.2, 0.25) is 0 Å². The van der Waals surface area contributed by atoms with Crippen molar-refractivity contribution >= 4 is 17.5 Å². The largest absolute Gasteiger partial charge is 0.469 e. The Morgan fingerprint density at radius 2 is 1.69 bits per heavy atom. The van der Waals surface area contributed by atoms with Crippen molar-refractivity contribution in [3.05, 3.63) is 23.8 Å². The summed E-state index contributed by atoms with van der Waals surface area (Å²) in [6.45, 7) is 13.3. The highest BCUT2D eigenvalue weighted by molar-refractivity contribution is 5.98. The molecule has 0 spiro atoms. The predicted molar refractivity (Wildman–Crippen MR) is 147 cm³/mol. The number of nitriles is 1. The van der Waals surface area contributed by atoms with Gasteiger partial charge in [-0.3, -0.25) is 14.4 Å². The number of allylic oxidation sites excluding steroid dienone is 4. The number of nitrogens with zero attached hydrogens (tertiary/aromatic N) is 1. The highest BCUT2D eigenvalue weighted by Crippen LogP contribution is 2.75. The number of carbonyl (C=O) groups excluding carboxylic acids is 3. The second kappa shape index (κ2) is 8.62. The van der Waals surface area contributed by atoms with Gasteiger partial charge in [0.2, 0.25) is 0 Å². The molecule has 3 fully saturated rings. The molecule has 9 atom stereocenters. The van der Waals surface area contributed by atoms with Crippen LogP contribution in [0.5, 0.6) is 0 Å². The maximum absolute atomic E-state index is 14.5. The van der Waals surface area contributed by atoms with E-state index in [1.807, 2.05) is 19.1 Å². The zero-order valence-electron chi connectivity index (χ0n) is 25.0. The molecule has 6 nitrogen and oxygen atoms in total. The lowest BCUT2D eigenvalue weighted by molar-refractivity contribution is -0.198. The van der Waals surface area contributed by atoms with Crippen LogP contribution in [0.4, 0.5) is 0 Å². The molecule has 0 bridgehead atoms. The van der Waals surface area contributed by atoms with Crippen LogP contribution in [0.3, 0.4) is 0 Å². The monoisotopic (exact) mass is 535 g/mol. The maximum Gasteiger partial charge on any atom is 0.312 e. The Morgan fingerprint density at radius 1 is 1.03 bits per heavy atom. The van der Waals surface area contributed by atoms with Crippen LogP contribution in [-0.2, 0) is 23.9 Å². The molecule has 212 valence electrons. The van der Waals surface area contributed by atoms with Crippen LogP contribution in [0.1, 0.15) is 80.1 Å². The number of esters is 1. The van der Waals surface area contributed by atoms with Gasteiger partial charge in [0.05, 0.1) is 36.5 Å². The molecule has 0 N–H and O–H groups in total. The lowest BCUT2D eigenvalue weighted by Crippen LogP contribution is -2.67. The van der Waals surface area contributed by atoms with Crippen LogP contribution in [0.25, 0.3) is 0 Å². The molecule has 0 aliphatic heterocycles.